The van der Waals surface area contributed by atoms with Crippen LogP contribution < -0.4 is 14.8 Å². The summed E-state index contributed by atoms with van der Waals surface area (Å²) in [4.78, 5) is 11.4. The molecule has 1 unspecified atom stereocenters. The van der Waals surface area contributed by atoms with E-state index in [2.05, 4.69) is 33.4 Å². The Kier molecular flexibility index (Phi) is 9.15. The van der Waals surface area contributed by atoms with Crippen LogP contribution in [-0.4, -0.2) is 36.2 Å². The third-order valence-corrected chi connectivity index (χ3v) is 5.68. The first-order chi connectivity index (χ1) is 13.4. The maximum atomic E-state index is 11.4. The number of hydrogen-bond acceptors (Lipinski definition) is 5. The average Bonchev–Trinajstić information content (AvgIpc) is 2.68. The number of thioether (sulfide) groups is 1. The highest BCUT2D eigenvalue weighted by Crippen LogP contribution is 2.34. The van der Waals surface area contributed by atoms with Crippen molar-refractivity contribution in [3.05, 3.63) is 57.6 Å². The van der Waals surface area contributed by atoms with Crippen molar-refractivity contribution in [1.29, 1.82) is 0 Å². The van der Waals surface area contributed by atoms with Crippen molar-refractivity contribution >= 4 is 33.7 Å². The Morgan fingerprint density at radius 3 is 2.57 bits per heavy atom. The van der Waals surface area contributed by atoms with Crippen molar-refractivity contribution < 1.29 is 19.4 Å². The Bertz CT molecular complexity index is 783. The van der Waals surface area contributed by atoms with E-state index >= 15 is 0 Å². The number of aryl methyl sites for hydroxylation is 1. The number of carboxylic acids is 1. The number of nitrogens with one attached hydrogen (secondary N) is 1. The summed E-state index contributed by atoms with van der Waals surface area (Å²) < 4.78 is 12.3. The first-order valence-corrected chi connectivity index (χ1v) is 11.1. The molecule has 0 fully saturated rings. The third-order valence-electron chi connectivity index (χ3n) is 4.30. The lowest BCUT2D eigenvalue weighted by atomic mass is 10.1. The molecule has 0 saturated heterocycles. The second-order valence-corrected chi connectivity index (χ2v) is 8.26. The van der Waals surface area contributed by atoms with E-state index in [1.165, 1.54) is 5.56 Å². The number of carbonyl (C=O) groups is 1. The molecule has 0 spiro atoms. The van der Waals surface area contributed by atoms with Gasteiger partial charge in [-0.05, 0) is 48.6 Å². The van der Waals surface area contributed by atoms with Crippen LogP contribution in [0.1, 0.15) is 23.1 Å². The predicted molar refractivity (Wildman–Crippen MR) is 117 cm³/mol. The molecule has 1 atom stereocenters. The lowest BCUT2D eigenvalue weighted by Crippen LogP contribution is -2.36. The summed E-state index contributed by atoms with van der Waals surface area (Å²) in [5.41, 5.74) is 3.20. The number of aliphatic carboxylic acids is 1. The van der Waals surface area contributed by atoms with Crippen molar-refractivity contribution in [2.24, 2.45) is 0 Å². The highest BCUT2D eigenvalue weighted by atomic mass is 79.9. The summed E-state index contributed by atoms with van der Waals surface area (Å²) in [6.07, 6.45) is 2.54. The second kappa shape index (κ2) is 11.3. The summed E-state index contributed by atoms with van der Waals surface area (Å²) in [6.45, 7) is 2.91. The Hall–Kier alpha value is -1.70. The number of carboxylic acid groups (broad SMARTS) is 1. The van der Waals surface area contributed by atoms with E-state index in [0.29, 0.717) is 31.1 Å². The van der Waals surface area contributed by atoms with E-state index in [-0.39, 0.29) is 0 Å². The van der Waals surface area contributed by atoms with Gasteiger partial charge in [-0.1, -0.05) is 45.8 Å². The van der Waals surface area contributed by atoms with Gasteiger partial charge in [-0.3, -0.25) is 4.79 Å². The zero-order valence-corrected chi connectivity index (χ0v) is 18.7. The van der Waals surface area contributed by atoms with E-state index in [9.17, 15) is 9.90 Å². The maximum absolute atomic E-state index is 11.4. The van der Waals surface area contributed by atoms with Crippen molar-refractivity contribution in [3.63, 3.8) is 0 Å². The SMILES string of the molecule is COc1cc(CNC(CCSC)C(=O)O)c(Br)cc1OCc1ccc(C)cc1. The van der Waals surface area contributed by atoms with Gasteiger partial charge in [0, 0.05) is 11.0 Å². The zero-order chi connectivity index (χ0) is 20.5. The van der Waals surface area contributed by atoms with Gasteiger partial charge in [0.1, 0.15) is 12.6 Å². The molecule has 7 heteroatoms. The Morgan fingerprint density at radius 1 is 1.25 bits per heavy atom. The number of benzene rings is 2. The molecular weight excluding hydrogens is 442 g/mol. The molecule has 0 aliphatic carbocycles. The Morgan fingerprint density at radius 2 is 1.96 bits per heavy atom. The van der Waals surface area contributed by atoms with E-state index in [1.54, 1.807) is 18.9 Å². The minimum Gasteiger partial charge on any atom is -0.493 e. The van der Waals surface area contributed by atoms with E-state index in [1.807, 2.05) is 37.4 Å². The quantitative estimate of drug-likeness (QED) is 0.501. The number of ether oxygens (including phenoxy) is 2. The molecule has 0 amide bonds. The molecule has 0 saturated carbocycles. The van der Waals surface area contributed by atoms with Crippen LogP contribution in [0.25, 0.3) is 0 Å². The summed E-state index contributed by atoms with van der Waals surface area (Å²) in [5, 5.41) is 12.5. The van der Waals surface area contributed by atoms with Gasteiger partial charge >= 0.3 is 5.97 Å². The number of hydrogen-bond donors (Lipinski definition) is 2. The molecule has 0 aromatic heterocycles. The summed E-state index contributed by atoms with van der Waals surface area (Å²) in [5.74, 6) is 1.20. The second-order valence-electron chi connectivity index (χ2n) is 6.42. The smallest absolute Gasteiger partial charge is 0.320 e. The van der Waals surface area contributed by atoms with Crippen LogP contribution in [0.5, 0.6) is 11.5 Å². The van der Waals surface area contributed by atoms with Crippen molar-refractivity contribution in [2.45, 2.75) is 32.5 Å². The monoisotopic (exact) mass is 467 g/mol. The molecule has 0 heterocycles. The fourth-order valence-electron chi connectivity index (χ4n) is 2.61. The summed E-state index contributed by atoms with van der Waals surface area (Å²) in [7, 11) is 1.59. The topological polar surface area (TPSA) is 67.8 Å². The molecule has 2 aromatic carbocycles. The summed E-state index contributed by atoms with van der Waals surface area (Å²) in [6, 6.07) is 11.3. The molecule has 2 N–H and O–H groups in total. The minimum atomic E-state index is -0.838. The van der Waals surface area contributed by atoms with Gasteiger partial charge in [0.05, 0.1) is 7.11 Å². The van der Waals surface area contributed by atoms with Crippen molar-refractivity contribution in [1.82, 2.24) is 5.32 Å². The van der Waals surface area contributed by atoms with Gasteiger partial charge < -0.3 is 19.9 Å². The van der Waals surface area contributed by atoms with E-state index < -0.39 is 12.0 Å². The largest absolute Gasteiger partial charge is 0.493 e. The van der Waals surface area contributed by atoms with Crippen molar-refractivity contribution in [3.8, 4) is 11.5 Å². The van der Waals surface area contributed by atoms with Crippen LogP contribution in [-0.2, 0) is 17.9 Å². The fraction of sp³-hybridized carbons (Fsp3) is 0.381. The highest BCUT2D eigenvalue weighted by Gasteiger charge is 2.18. The van der Waals surface area contributed by atoms with Crippen LogP contribution >= 0.6 is 27.7 Å². The lowest BCUT2D eigenvalue weighted by molar-refractivity contribution is -0.139. The normalized spacial score (nSPS) is 11.9. The average molecular weight is 468 g/mol. The molecule has 28 heavy (non-hydrogen) atoms. The van der Waals surface area contributed by atoms with E-state index in [0.717, 1.165) is 21.4 Å². The highest BCUT2D eigenvalue weighted by molar-refractivity contribution is 9.10. The zero-order valence-electron chi connectivity index (χ0n) is 16.3. The first kappa shape index (κ1) is 22.6. The fourth-order valence-corrected chi connectivity index (χ4v) is 3.55. The van der Waals surface area contributed by atoms with E-state index in [4.69, 9.17) is 9.47 Å². The molecule has 2 aromatic rings. The van der Waals surface area contributed by atoms with Gasteiger partial charge in [-0.2, -0.15) is 11.8 Å². The van der Waals surface area contributed by atoms with Gasteiger partial charge in [-0.25, -0.2) is 0 Å². The standard InChI is InChI=1S/C21H26BrNO4S/c1-14-4-6-15(7-5-14)13-27-20-11-17(22)16(10-19(20)26-2)12-23-18(21(24)25)8-9-28-3/h4-7,10-11,18,23H,8-9,12-13H2,1-3H3,(H,24,25). The van der Waals surface area contributed by atoms with Gasteiger partial charge in [0.25, 0.3) is 0 Å². The van der Waals surface area contributed by atoms with Crippen LogP contribution in [0, 0.1) is 6.92 Å². The Balaban J connectivity index is 2.06. The molecule has 0 bridgehead atoms. The van der Waals surface area contributed by atoms with Crippen molar-refractivity contribution in [2.75, 3.05) is 19.1 Å². The maximum Gasteiger partial charge on any atom is 0.320 e. The lowest BCUT2D eigenvalue weighted by Gasteiger charge is -2.17. The predicted octanol–water partition coefficient (Wildman–Crippen LogP) is 4.64. The Labute approximate surface area is 178 Å². The molecule has 2 rings (SSSR count). The van der Waals surface area contributed by atoms with Crippen LogP contribution in [0.4, 0.5) is 0 Å². The minimum absolute atomic E-state index is 0.417. The van der Waals surface area contributed by atoms with Crippen LogP contribution in [0.2, 0.25) is 0 Å². The van der Waals surface area contributed by atoms with Crippen LogP contribution in [0.15, 0.2) is 40.9 Å². The molecule has 0 radical (unpaired) electrons. The van der Waals surface area contributed by atoms with Crippen LogP contribution in [0.3, 0.4) is 0 Å². The van der Waals surface area contributed by atoms with Gasteiger partial charge in [0.2, 0.25) is 0 Å². The van der Waals surface area contributed by atoms with Gasteiger partial charge in [0.15, 0.2) is 11.5 Å². The first-order valence-electron chi connectivity index (χ1n) is 8.94. The number of methoxy groups -OCH3 is 1. The molecule has 5 nitrogen and oxygen atoms in total. The third kappa shape index (κ3) is 6.72. The summed E-state index contributed by atoms with van der Waals surface area (Å²) >= 11 is 5.19. The number of halogens is 1. The van der Waals surface area contributed by atoms with Gasteiger partial charge in [-0.15, -0.1) is 0 Å². The number of rotatable bonds is 11. The molecule has 0 aliphatic heterocycles. The molecular formula is C21H26BrNO4S. The molecule has 0 aliphatic rings. The molecule has 152 valence electrons.